The minimum absolute atomic E-state index is 0.0119. The fourth-order valence-corrected chi connectivity index (χ4v) is 5.16. The van der Waals surface area contributed by atoms with Crippen LogP contribution in [0.25, 0.3) is 0 Å². The maximum Gasteiger partial charge on any atom is 0.243 e. The average Bonchev–Trinajstić information content (AvgIpc) is 2.78. The summed E-state index contributed by atoms with van der Waals surface area (Å²) in [6.45, 7) is 9.01. The Hall–Kier alpha value is -2.71. The largest absolute Gasteiger partial charge is 0.360 e. The van der Waals surface area contributed by atoms with Crippen LogP contribution in [0.2, 0.25) is 0 Å². The molecule has 1 heterocycles. The summed E-state index contributed by atoms with van der Waals surface area (Å²) in [4.78, 5) is 28.3. The van der Waals surface area contributed by atoms with Crippen molar-refractivity contribution < 1.29 is 18.0 Å². The maximum absolute atomic E-state index is 13.0. The van der Waals surface area contributed by atoms with Crippen molar-refractivity contribution in [2.45, 2.75) is 38.6 Å². The Bertz CT molecular complexity index is 1060. The lowest BCUT2D eigenvalue weighted by molar-refractivity contribution is -0.131. The van der Waals surface area contributed by atoms with Crippen molar-refractivity contribution in [2.24, 2.45) is 0 Å². The number of amides is 1. The van der Waals surface area contributed by atoms with E-state index in [0.717, 1.165) is 11.3 Å². The van der Waals surface area contributed by atoms with E-state index >= 15 is 0 Å². The van der Waals surface area contributed by atoms with Crippen LogP contribution < -0.4 is 4.90 Å². The monoisotopic (exact) mass is 457 g/mol. The van der Waals surface area contributed by atoms with Crippen LogP contribution in [0.15, 0.2) is 53.4 Å². The molecule has 0 saturated carbocycles. The van der Waals surface area contributed by atoms with E-state index in [1.165, 1.54) is 35.5 Å². The van der Waals surface area contributed by atoms with Crippen LogP contribution in [-0.2, 0) is 14.8 Å². The molecule has 0 radical (unpaired) electrons. The van der Waals surface area contributed by atoms with Gasteiger partial charge in [-0.25, -0.2) is 8.42 Å². The molecule has 0 atom stereocenters. The van der Waals surface area contributed by atoms with Gasteiger partial charge in [0, 0.05) is 43.5 Å². The lowest BCUT2D eigenvalue weighted by Gasteiger charge is -2.36. The third kappa shape index (κ3) is 5.37. The second-order valence-corrected chi connectivity index (χ2v) is 10.4. The summed E-state index contributed by atoms with van der Waals surface area (Å²) in [6, 6.07) is 14.2. The van der Waals surface area contributed by atoms with E-state index in [1.54, 1.807) is 4.90 Å². The highest BCUT2D eigenvalue weighted by atomic mass is 32.2. The lowest BCUT2D eigenvalue weighted by Crippen LogP contribution is -2.53. The Labute approximate surface area is 190 Å². The Balaban J connectivity index is 1.63. The Kier molecular flexibility index (Phi) is 7.36. The topological polar surface area (TPSA) is 78.0 Å². The SMILES string of the molecule is CC(=O)c1ccc(S(=O)(=O)N2CCN(C(=O)CN(c3ccc(C)cc3)C(C)C)CC2)cc1. The molecular weight excluding hydrogens is 426 g/mol. The number of hydrogen-bond donors (Lipinski definition) is 0. The van der Waals surface area contributed by atoms with Crippen molar-refractivity contribution in [3.05, 3.63) is 59.7 Å². The highest BCUT2D eigenvalue weighted by molar-refractivity contribution is 7.89. The summed E-state index contributed by atoms with van der Waals surface area (Å²) >= 11 is 0. The molecule has 3 rings (SSSR count). The normalized spacial score (nSPS) is 15.1. The average molecular weight is 458 g/mol. The van der Waals surface area contributed by atoms with Crippen molar-refractivity contribution in [3.63, 3.8) is 0 Å². The number of aryl methyl sites for hydroxylation is 1. The molecule has 0 N–H and O–H groups in total. The van der Waals surface area contributed by atoms with Gasteiger partial charge >= 0.3 is 0 Å². The van der Waals surface area contributed by atoms with Gasteiger partial charge in [-0.15, -0.1) is 0 Å². The quantitative estimate of drug-likeness (QED) is 0.598. The zero-order valence-corrected chi connectivity index (χ0v) is 19.9. The summed E-state index contributed by atoms with van der Waals surface area (Å²) in [7, 11) is -3.66. The van der Waals surface area contributed by atoms with Gasteiger partial charge in [-0.3, -0.25) is 9.59 Å². The van der Waals surface area contributed by atoms with E-state index in [9.17, 15) is 18.0 Å². The first-order valence-corrected chi connectivity index (χ1v) is 12.3. The molecule has 32 heavy (non-hydrogen) atoms. The Morgan fingerprint density at radius 2 is 1.50 bits per heavy atom. The molecule has 2 aromatic carbocycles. The second kappa shape index (κ2) is 9.83. The molecular formula is C24H31N3O4S. The van der Waals surface area contributed by atoms with Gasteiger partial charge in [-0.1, -0.05) is 29.8 Å². The third-order valence-corrected chi connectivity index (χ3v) is 7.70. The number of anilines is 1. The van der Waals surface area contributed by atoms with Crippen molar-refractivity contribution >= 4 is 27.4 Å². The summed E-state index contributed by atoms with van der Waals surface area (Å²) in [5.74, 6) is -0.121. The van der Waals surface area contributed by atoms with Gasteiger partial charge in [0.1, 0.15) is 0 Å². The van der Waals surface area contributed by atoms with E-state index in [2.05, 4.69) is 18.7 Å². The van der Waals surface area contributed by atoms with Gasteiger partial charge in [0.25, 0.3) is 0 Å². The zero-order chi connectivity index (χ0) is 23.5. The van der Waals surface area contributed by atoms with Gasteiger partial charge < -0.3 is 9.80 Å². The van der Waals surface area contributed by atoms with Gasteiger partial charge in [0.2, 0.25) is 15.9 Å². The molecule has 172 valence electrons. The Morgan fingerprint density at radius 3 is 2.00 bits per heavy atom. The first-order chi connectivity index (χ1) is 15.1. The number of nitrogens with zero attached hydrogens (tertiary/aromatic N) is 3. The number of hydrogen-bond acceptors (Lipinski definition) is 5. The highest BCUT2D eigenvalue weighted by Gasteiger charge is 2.31. The first-order valence-electron chi connectivity index (χ1n) is 10.8. The summed E-state index contributed by atoms with van der Waals surface area (Å²) < 4.78 is 27.3. The molecule has 1 aliphatic rings. The molecule has 0 bridgehead atoms. The van der Waals surface area contributed by atoms with Gasteiger partial charge in [0.15, 0.2) is 5.78 Å². The molecule has 0 aromatic heterocycles. The van der Waals surface area contributed by atoms with Crippen molar-refractivity contribution in [3.8, 4) is 0 Å². The molecule has 1 aliphatic heterocycles. The number of carbonyl (C=O) groups excluding carboxylic acids is 2. The molecule has 0 unspecified atom stereocenters. The van der Waals surface area contributed by atoms with Crippen LogP contribution in [0.5, 0.6) is 0 Å². The molecule has 7 nitrogen and oxygen atoms in total. The van der Waals surface area contributed by atoms with Crippen molar-refractivity contribution in [1.82, 2.24) is 9.21 Å². The molecule has 1 fully saturated rings. The van der Waals surface area contributed by atoms with E-state index in [1.807, 2.05) is 31.2 Å². The van der Waals surface area contributed by atoms with Gasteiger partial charge in [-0.05, 0) is 52.0 Å². The molecule has 1 saturated heterocycles. The van der Waals surface area contributed by atoms with Crippen molar-refractivity contribution in [2.75, 3.05) is 37.6 Å². The van der Waals surface area contributed by atoms with Crippen LogP contribution in [0.1, 0.15) is 36.7 Å². The number of carbonyl (C=O) groups is 2. The van der Waals surface area contributed by atoms with E-state index < -0.39 is 10.0 Å². The first kappa shape index (κ1) is 23.9. The van der Waals surface area contributed by atoms with Crippen LogP contribution >= 0.6 is 0 Å². The molecule has 0 aliphatic carbocycles. The molecule has 1 amide bonds. The number of ketones is 1. The van der Waals surface area contributed by atoms with Crippen LogP contribution in [-0.4, -0.2) is 68.1 Å². The molecule has 0 spiro atoms. The van der Waals surface area contributed by atoms with Crippen LogP contribution in [0.4, 0.5) is 5.69 Å². The van der Waals surface area contributed by atoms with Crippen molar-refractivity contribution in [1.29, 1.82) is 0 Å². The van der Waals surface area contributed by atoms with Crippen LogP contribution in [0, 0.1) is 6.92 Å². The minimum Gasteiger partial charge on any atom is -0.360 e. The predicted octanol–water partition coefficient (Wildman–Crippen LogP) is 2.95. The maximum atomic E-state index is 13.0. The third-order valence-electron chi connectivity index (χ3n) is 5.78. The summed E-state index contributed by atoms with van der Waals surface area (Å²) in [5, 5.41) is 0. The predicted molar refractivity (Wildman–Crippen MR) is 125 cm³/mol. The number of piperazine rings is 1. The van der Waals surface area contributed by atoms with Crippen LogP contribution in [0.3, 0.4) is 0 Å². The standard InChI is InChI=1S/C24H31N3O4S/c1-18(2)27(22-9-5-19(3)6-10-22)17-24(29)25-13-15-26(16-14-25)32(30,31)23-11-7-21(8-12-23)20(4)28/h5-12,18H,13-17H2,1-4H3. The fraction of sp³-hybridized carbons (Fsp3) is 0.417. The van der Waals surface area contributed by atoms with E-state index in [-0.39, 0.29) is 42.3 Å². The summed E-state index contributed by atoms with van der Waals surface area (Å²) in [5.41, 5.74) is 2.63. The van der Waals surface area contributed by atoms with Gasteiger partial charge in [0.05, 0.1) is 11.4 Å². The minimum atomic E-state index is -3.66. The second-order valence-electron chi connectivity index (χ2n) is 8.42. The number of Topliss-reactive ketones (excluding diaryl/α,β-unsaturated/α-hetero) is 1. The van der Waals surface area contributed by atoms with E-state index in [4.69, 9.17) is 0 Å². The zero-order valence-electron chi connectivity index (χ0n) is 19.1. The Morgan fingerprint density at radius 1 is 0.938 bits per heavy atom. The number of rotatable bonds is 7. The van der Waals surface area contributed by atoms with Gasteiger partial charge in [-0.2, -0.15) is 4.31 Å². The van der Waals surface area contributed by atoms with E-state index in [0.29, 0.717) is 18.7 Å². The number of sulfonamides is 1. The summed E-state index contributed by atoms with van der Waals surface area (Å²) in [6.07, 6.45) is 0. The molecule has 2 aromatic rings. The molecule has 8 heteroatoms. The number of benzene rings is 2. The highest BCUT2D eigenvalue weighted by Crippen LogP contribution is 2.21. The smallest absolute Gasteiger partial charge is 0.243 e. The lowest BCUT2D eigenvalue weighted by atomic mass is 10.2. The fourth-order valence-electron chi connectivity index (χ4n) is 3.74.